The number of hydrogen-bond donors (Lipinski definition) is 2. The fourth-order valence-corrected chi connectivity index (χ4v) is 1.66. The Morgan fingerprint density at radius 3 is 2.82 bits per heavy atom. The highest BCUT2D eigenvalue weighted by molar-refractivity contribution is 5.75. The molecule has 0 saturated heterocycles. The Hall–Kier alpha value is -1.49. The molecule has 0 aliphatic heterocycles. The first kappa shape index (κ1) is 12.0. The predicted octanol–water partition coefficient (Wildman–Crippen LogP) is 2.59. The van der Waals surface area contributed by atoms with Crippen molar-refractivity contribution < 1.29 is 8.78 Å². The number of H-pyrrole nitrogens is 1. The fraction of sp³-hybridized carbons (Fsp3) is 0.417. The van der Waals surface area contributed by atoms with Crippen molar-refractivity contribution in [3.05, 3.63) is 29.6 Å². The average molecular weight is 239 g/mol. The van der Waals surface area contributed by atoms with E-state index in [-0.39, 0.29) is 5.52 Å². The van der Waals surface area contributed by atoms with Gasteiger partial charge in [-0.15, -0.1) is 0 Å². The van der Waals surface area contributed by atoms with E-state index >= 15 is 0 Å². The lowest BCUT2D eigenvalue weighted by atomic mass is 10.2. The number of hydrogen-bond acceptors (Lipinski definition) is 2. The molecule has 5 heteroatoms. The Morgan fingerprint density at radius 2 is 2.12 bits per heavy atom. The van der Waals surface area contributed by atoms with Crippen molar-refractivity contribution in [2.45, 2.75) is 20.4 Å². The van der Waals surface area contributed by atoms with Crippen molar-refractivity contribution in [2.75, 3.05) is 6.54 Å². The maximum atomic E-state index is 13.4. The molecule has 0 atom stereocenters. The maximum absolute atomic E-state index is 13.4. The first-order valence-corrected chi connectivity index (χ1v) is 5.60. The van der Waals surface area contributed by atoms with Crippen LogP contribution in [0.2, 0.25) is 0 Å². The summed E-state index contributed by atoms with van der Waals surface area (Å²) < 4.78 is 26.3. The molecule has 0 amide bonds. The second kappa shape index (κ2) is 4.79. The number of nitrogens with one attached hydrogen (secondary N) is 2. The Morgan fingerprint density at radius 1 is 1.35 bits per heavy atom. The van der Waals surface area contributed by atoms with Crippen LogP contribution in [0, 0.1) is 17.6 Å². The summed E-state index contributed by atoms with van der Waals surface area (Å²) in [6, 6.07) is 2.09. The second-order valence-electron chi connectivity index (χ2n) is 4.49. The zero-order valence-corrected chi connectivity index (χ0v) is 9.85. The van der Waals surface area contributed by atoms with E-state index < -0.39 is 11.6 Å². The van der Waals surface area contributed by atoms with Gasteiger partial charge in [-0.25, -0.2) is 13.8 Å². The third-order valence-corrected chi connectivity index (χ3v) is 2.40. The van der Waals surface area contributed by atoms with E-state index in [9.17, 15) is 8.78 Å². The van der Waals surface area contributed by atoms with E-state index in [1.807, 2.05) is 0 Å². The Balaban J connectivity index is 2.17. The number of fused-ring (bicyclic) bond motifs is 1. The van der Waals surface area contributed by atoms with Crippen LogP contribution in [-0.2, 0) is 6.54 Å². The van der Waals surface area contributed by atoms with Crippen LogP contribution in [0.25, 0.3) is 11.0 Å². The molecule has 92 valence electrons. The number of imidazole rings is 1. The van der Waals surface area contributed by atoms with Gasteiger partial charge in [0.25, 0.3) is 0 Å². The molecule has 0 aliphatic rings. The van der Waals surface area contributed by atoms with Crippen LogP contribution < -0.4 is 5.32 Å². The van der Waals surface area contributed by atoms with Crippen LogP contribution in [0.4, 0.5) is 8.78 Å². The zero-order chi connectivity index (χ0) is 12.4. The Bertz CT molecular complexity index is 520. The highest BCUT2D eigenvalue weighted by atomic mass is 19.1. The second-order valence-corrected chi connectivity index (χ2v) is 4.49. The largest absolute Gasteiger partial charge is 0.341 e. The van der Waals surface area contributed by atoms with Crippen LogP contribution in [0.3, 0.4) is 0 Å². The molecule has 0 bridgehead atoms. The van der Waals surface area contributed by atoms with Crippen LogP contribution >= 0.6 is 0 Å². The molecular weight excluding hydrogens is 224 g/mol. The highest BCUT2D eigenvalue weighted by Gasteiger charge is 2.09. The summed E-state index contributed by atoms with van der Waals surface area (Å²) in [5.41, 5.74) is 0.580. The topological polar surface area (TPSA) is 40.7 Å². The van der Waals surface area contributed by atoms with Crippen molar-refractivity contribution in [3.8, 4) is 0 Å². The van der Waals surface area contributed by atoms with Gasteiger partial charge in [-0.1, -0.05) is 13.8 Å². The van der Waals surface area contributed by atoms with Gasteiger partial charge < -0.3 is 10.3 Å². The molecule has 0 unspecified atom stereocenters. The number of benzene rings is 1. The van der Waals surface area contributed by atoms with Gasteiger partial charge >= 0.3 is 0 Å². The van der Waals surface area contributed by atoms with E-state index in [2.05, 4.69) is 29.1 Å². The SMILES string of the molecule is CC(C)CNCc1nc2c(F)cc(F)cc2[nH]1. The lowest BCUT2D eigenvalue weighted by Crippen LogP contribution is -2.19. The minimum Gasteiger partial charge on any atom is -0.341 e. The number of halogens is 2. The van der Waals surface area contributed by atoms with E-state index in [1.54, 1.807) is 0 Å². The van der Waals surface area contributed by atoms with Crippen LogP contribution in [0.5, 0.6) is 0 Å². The van der Waals surface area contributed by atoms with Crippen molar-refractivity contribution >= 4 is 11.0 Å². The molecule has 0 saturated carbocycles. The summed E-state index contributed by atoms with van der Waals surface area (Å²) in [7, 11) is 0. The molecule has 0 radical (unpaired) electrons. The first-order valence-electron chi connectivity index (χ1n) is 5.60. The van der Waals surface area contributed by atoms with E-state index in [0.29, 0.717) is 23.8 Å². The molecule has 2 aromatic rings. The Kier molecular flexibility index (Phi) is 3.38. The molecular formula is C12H15F2N3. The summed E-state index contributed by atoms with van der Waals surface area (Å²) in [6.07, 6.45) is 0. The summed E-state index contributed by atoms with van der Waals surface area (Å²) in [5.74, 6) is -0.0783. The Labute approximate surface area is 98.2 Å². The van der Waals surface area contributed by atoms with Gasteiger partial charge in [0.15, 0.2) is 5.82 Å². The van der Waals surface area contributed by atoms with Crippen LogP contribution in [0.15, 0.2) is 12.1 Å². The minimum absolute atomic E-state index is 0.188. The number of rotatable bonds is 4. The van der Waals surface area contributed by atoms with Gasteiger partial charge in [0, 0.05) is 6.07 Å². The monoisotopic (exact) mass is 239 g/mol. The van der Waals surface area contributed by atoms with Gasteiger partial charge in [-0.05, 0) is 18.5 Å². The molecule has 1 heterocycles. The highest BCUT2D eigenvalue weighted by Crippen LogP contribution is 2.17. The van der Waals surface area contributed by atoms with E-state index in [4.69, 9.17) is 0 Å². The normalized spacial score (nSPS) is 11.6. The lowest BCUT2D eigenvalue weighted by Gasteiger charge is -2.04. The number of nitrogens with zero attached hydrogens (tertiary/aromatic N) is 1. The molecule has 3 nitrogen and oxygen atoms in total. The fourth-order valence-electron chi connectivity index (χ4n) is 1.66. The van der Waals surface area contributed by atoms with Gasteiger partial charge in [0.05, 0.1) is 12.1 Å². The summed E-state index contributed by atoms with van der Waals surface area (Å²) in [6.45, 7) is 5.57. The number of aromatic amines is 1. The number of aromatic nitrogens is 2. The maximum Gasteiger partial charge on any atom is 0.153 e. The first-order chi connectivity index (χ1) is 8.06. The third-order valence-electron chi connectivity index (χ3n) is 2.40. The molecule has 1 aromatic heterocycles. The van der Waals surface area contributed by atoms with Crippen molar-refractivity contribution in [3.63, 3.8) is 0 Å². The van der Waals surface area contributed by atoms with Crippen LogP contribution in [-0.4, -0.2) is 16.5 Å². The molecule has 2 rings (SSSR count). The molecule has 1 aromatic carbocycles. The molecule has 17 heavy (non-hydrogen) atoms. The zero-order valence-electron chi connectivity index (χ0n) is 9.85. The molecule has 0 fully saturated rings. The average Bonchev–Trinajstić information content (AvgIpc) is 2.60. The van der Waals surface area contributed by atoms with Gasteiger partial charge in [0.2, 0.25) is 0 Å². The lowest BCUT2D eigenvalue weighted by molar-refractivity contribution is 0.545. The van der Waals surface area contributed by atoms with Crippen molar-refractivity contribution in [2.24, 2.45) is 5.92 Å². The minimum atomic E-state index is -0.633. The predicted molar refractivity (Wildman–Crippen MR) is 62.6 cm³/mol. The summed E-state index contributed by atoms with van der Waals surface area (Å²) in [4.78, 5) is 6.99. The van der Waals surface area contributed by atoms with E-state index in [1.165, 1.54) is 6.07 Å². The standard InChI is InChI=1S/C12H15F2N3/c1-7(2)5-15-6-11-16-10-4-8(13)3-9(14)12(10)17-11/h3-4,7,15H,5-6H2,1-2H3,(H,16,17). The van der Waals surface area contributed by atoms with Crippen molar-refractivity contribution in [1.82, 2.24) is 15.3 Å². The van der Waals surface area contributed by atoms with Crippen LogP contribution in [0.1, 0.15) is 19.7 Å². The summed E-state index contributed by atoms with van der Waals surface area (Å²) >= 11 is 0. The van der Waals surface area contributed by atoms with Crippen molar-refractivity contribution in [1.29, 1.82) is 0 Å². The van der Waals surface area contributed by atoms with E-state index in [0.717, 1.165) is 12.6 Å². The third kappa shape index (κ3) is 2.79. The van der Waals surface area contributed by atoms with Gasteiger partial charge in [0.1, 0.15) is 17.2 Å². The smallest absolute Gasteiger partial charge is 0.153 e. The molecule has 2 N–H and O–H groups in total. The molecule has 0 spiro atoms. The summed E-state index contributed by atoms with van der Waals surface area (Å²) in [5, 5.41) is 3.19. The van der Waals surface area contributed by atoms with Gasteiger partial charge in [-0.2, -0.15) is 0 Å². The quantitative estimate of drug-likeness (QED) is 0.861. The molecule has 0 aliphatic carbocycles. The van der Waals surface area contributed by atoms with Gasteiger partial charge in [-0.3, -0.25) is 0 Å².